The number of Topliss-reactive ketones (excluding diaryl/α,β-unsaturated/α-hetero) is 1. The molecule has 0 radical (unpaired) electrons. The summed E-state index contributed by atoms with van der Waals surface area (Å²) in [4.78, 5) is 54.8. The maximum absolute atomic E-state index is 13.0. The predicted molar refractivity (Wildman–Crippen MR) is 113 cm³/mol. The number of fused-ring (bicyclic) bond motifs is 1. The summed E-state index contributed by atoms with van der Waals surface area (Å²) >= 11 is 0. The number of nitrogens with one attached hydrogen (secondary N) is 2. The summed E-state index contributed by atoms with van der Waals surface area (Å²) in [6, 6.07) is 5.02. The second kappa shape index (κ2) is 8.17. The molecule has 2 N–H and O–H groups in total. The number of carbonyl (C=O) groups excluding carboxylic acids is 3. The molecular weight excluding hydrogens is 398 g/mol. The highest BCUT2D eigenvalue weighted by atomic mass is 16.3. The quantitative estimate of drug-likeness (QED) is 0.781. The molecule has 1 aliphatic heterocycles. The van der Waals surface area contributed by atoms with Crippen molar-refractivity contribution < 1.29 is 18.8 Å². The Morgan fingerprint density at radius 2 is 1.97 bits per heavy atom. The fourth-order valence-corrected chi connectivity index (χ4v) is 4.43. The van der Waals surface area contributed by atoms with Gasteiger partial charge in [0, 0.05) is 36.7 Å². The van der Waals surface area contributed by atoms with Crippen molar-refractivity contribution >= 4 is 17.6 Å². The fraction of sp³-hybridized carbons (Fsp3) is 0.478. The molecule has 0 aromatic carbocycles. The predicted octanol–water partition coefficient (Wildman–Crippen LogP) is 2.29. The third kappa shape index (κ3) is 4.47. The second-order valence-corrected chi connectivity index (χ2v) is 9.21. The fourth-order valence-electron chi connectivity index (χ4n) is 4.43. The number of aromatic nitrogens is 1. The van der Waals surface area contributed by atoms with Crippen LogP contribution in [-0.2, 0) is 17.8 Å². The number of furan rings is 1. The van der Waals surface area contributed by atoms with E-state index >= 15 is 0 Å². The highest BCUT2D eigenvalue weighted by Crippen LogP contribution is 2.33. The van der Waals surface area contributed by atoms with E-state index in [4.69, 9.17) is 4.42 Å². The maximum atomic E-state index is 13.0. The Balaban J connectivity index is 1.40. The Labute approximate surface area is 180 Å². The minimum atomic E-state index is -0.465. The minimum Gasteiger partial charge on any atom is -0.467 e. The van der Waals surface area contributed by atoms with Gasteiger partial charge in [0.2, 0.25) is 5.91 Å². The summed E-state index contributed by atoms with van der Waals surface area (Å²) in [6.07, 6.45) is 3.58. The third-order valence-electron chi connectivity index (χ3n) is 6.12. The van der Waals surface area contributed by atoms with Crippen molar-refractivity contribution in [2.24, 2.45) is 11.3 Å². The van der Waals surface area contributed by atoms with E-state index in [0.29, 0.717) is 62.3 Å². The molecule has 8 nitrogen and oxygen atoms in total. The van der Waals surface area contributed by atoms with Gasteiger partial charge in [-0.15, -0.1) is 0 Å². The number of pyridine rings is 1. The zero-order valence-corrected chi connectivity index (χ0v) is 17.8. The van der Waals surface area contributed by atoms with Crippen molar-refractivity contribution in [2.75, 3.05) is 13.1 Å². The van der Waals surface area contributed by atoms with Crippen LogP contribution < -0.4 is 10.9 Å². The van der Waals surface area contributed by atoms with Gasteiger partial charge in [-0.3, -0.25) is 19.2 Å². The van der Waals surface area contributed by atoms with E-state index in [1.165, 1.54) is 6.07 Å². The number of carbonyl (C=O) groups is 3. The summed E-state index contributed by atoms with van der Waals surface area (Å²) in [7, 11) is 0. The molecule has 2 aromatic rings. The van der Waals surface area contributed by atoms with Crippen LogP contribution in [0.1, 0.15) is 65.3 Å². The lowest BCUT2D eigenvalue weighted by Gasteiger charge is -2.32. The number of rotatable bonds is 4. The van der Waals surface area contributed by atoms with Crippen LogP contribution in [0.2, 0.25) is 0 Å². The van der Waals surface area contributed by atoms with E-state index in [2.05, 4.69) is 10.3 Å². The van der Waals surface area contributed by atoms with Crippen LogP contribution in [-0.4, -0.2) is 40.6 Å². The molecule has 2 aromatic heterocycles. The molecule has 1 aliphatic carbocycles. The number of nitrogens with zero attached hydrogens (tertiary/aromatic N) is 1. The zero-order valence-electron chi connectivity index (χ0n) is 17.8. The van der Waals surface area contributed by atoms with E-state index in [0.717, 1.165) is 0 Å². The number of likely N-dealkylation sites (tertiary alicyclic amines) is 1. The van der Waals surface area contributed by atoms with Crippen LogP contribution in [0.5, 0.6) is 0 Å². The Morgan fingerprint density at radius 3 is 2.65 bits per heavy atom. The van der Waals surface area contributed by atoms with Crippen molar-refractivity contribution in [3.8, 4) is 0 Å². The number of hydrogen-bond acceptors (Lipinski definition) is 5. The number of aromatic amines is 1. The number of piperidine rings is 1. The maximum Gasteiger partial charge on any atom is 0.261 e. The molecule has 0 bridgehead atoms. The highest BCUT2D eigenvalue weighted by Gasteiger charge is 2.34. The Morgan fingerprint density at radius 1 is 1.23 bits per heavy atom. The molecule has 1 saturated heterocycles. The average Bonchev–Trinajstić information content (AvgIpc) is 3.24. The Kier molecular flexibility index (Phi) is 5.56. The minimum absolute atomic E-state index is 0.00692. The molecule has 0 spiro atoms. The van der Waals surface area contributed by atoms with Gasteiger partial charge >= 0.3 is 0 Å². The summed E-state index contributed by atoms with van der Waals surface area (Å²) in [5.74, 6) is -0.0156. The van der Waals surface area contributed by atoms with Gasteiger partial charge in [-0.25, -0.2) is 0 Å². The van der Waals surface area contributed by atoms with Gasteiger partial charge in [-0.1, -0.05) is 13.8 Å². The third-order valence-corrected chi connectivity index (χ3v) is 6.12. The molecule has 164 valence electrons. The lowest BCUT2D eigenvalue weighted by molar-refractivity contribution is -0.126. The van der Waals surface area contributed by atoms with E-state index in [1.807, 2.05) is 13.8 Å². The smallest absolute Gasteiger partial charge is 0.261 e. The molecule has 4 rings (SSSR count). The van der Waals surface area contributed by atoms with E-state index < -0.39 is 11.5 Å². The van der Waals surface area contributed by atoms with Crippen LogP contribution >= 0.6 is 0 Å². The van der Waals surface area contributed by atoms with Gasteiger partial charge in [0.15, 0.2) is 5.78 Å². The monoisotopic (exact) mass is 425 g/mol. The summed E-state index contributed by atoms with van der Waals surface area (Å²) in [5, 5.41) is 2.86. The Bertz CT molecular complexity index is 1060. The first-order valence-corrected chi connectivity index (χ1v) is 10.6. The number of amides is 2. The first-order chi connectivity index (χ1) is 14.7. The molecule has 2 amide bonds. The van der Waals surface area contributed by atoms with Crippen molar-refractivity contribution in [3.63, 3.8) is 0 Å². The number of H-pyrrole nitrogens is 1. The molecule has 0 atom stereocenters. The summed E-state index contributed by atoms with van der Waals surface area (Å²) in [6.45, 7) is 5.07. The molecule has 31 heavy (non-hydrogen) atoms. The van der Waals surface area contributed by atoms with E-state index in [9.17, 15) is 19.2 Å². The molecule has 8 heteroatoms. The van der Waals surface area contributed by atoms with Crippen LogP contribution in [0.15, 0.2) is 33.7 Å². The molecule has 2 aliphatic rings. The van der Waals surface area contributed by atoms with Gasteiger partial charge in [0.25, 0.3) is 11.5 Å². The molecular formula is C23H27N3O5. The van der Waals surface area contributed by atoms with Crippen molar-refractivity contribution in [2.45, 2.75) is 46.1 Å². The average molecular weight is 425 g/mol. The van der Waals surface area contributed by atoms with Gasteiger partial charge in [0.05, 0.1) is 12.8 Å². The van der Waals surface area contributed by atoms with Crippen LogP contribution in [0.3, 0.4) is 0 Å². The van der Waals surface area contributed by atoms with Crippen LogP contribution in [0.4, 0.5) is 0 Å². The van der Waals surface area contributed by atoms with Gasteiger partial charge in [0.1, 0.15) is 11.3 Å². The molecule has 3 heterocycles. The number of ketones is 1. The standard InChI is InChI=1S/C23H27N3O5/c1-23(2)11-18-16(19(27)12-23)10-17(21(29)25-18)22(30)26-7-5-14(6-8-26)20(28)24-13-15-4-3-9-31-15/h3-4,9-10,14H,5-8,11-13H2,1-2H3,(H,24,28)(H,25,29). The van der Waals surface area contributed by atoms with Gasteiger partial charge in [-0.05, 0) is 42.9 Å². The van der Waals surface area contributed by atoms with Crippen molar-refractivity contribution in [3.05, 3.63) is 57.4 Å². The van der Waals surface area contributed by atoms with Gasteiger partial charge in [-0.2, -0.15) is 0 Å². The normalized spacial score (nSPS) is 18.5. The highest BCUT2D eigenvalue weighted by molar-refractivity contribution is 6.02. The van der Waals surface area contributed by atoms with E-state index in [1.54, 1.807) is 23.3 Å². The lowest BCUT2D eigenvalue weighted by atomic mass is 9.75. The first-order valence-electron chi connectivity index (χ1n) is 10.6. The molecule has 0 unspecified atom stereocenters. The second-order valence-electron chi connectivity index (χ2n) is 9.21. The largest absolute Gasteiger partial charge is 0.467 e. The number of hydrogen-bond donors (Lipinski definition) is 2. The molecule has 1 fully saturated rings. The van der Waals surface area contributed by atoms with Crippen LogP contribution in [0, 0.1) is 11.3 Å². The lowest BCUT2D eigenvalue weighted by Crippen LogP contribution is -2.44. The summed E-state index contributed by atoms with van der Waals surface area (Å²) < 4.78 is 5.21. The van der Waals surface area contributed by atoms with Crippen molar-refractivity contribution in [1.29, 1.82) is 0 Å². The van der Waals surface area contributed by atoms with Gasteiger partial charge < -0.3 is 19.6 Å². The first kappa shape index (κ1) is 21.1. The summed E-state index contributed by atoms with van der Waals surface area (Å²) in [5.41, 5.74) is 0.363. The van der Waals surface area contributed by atoms with E-state index in [-0.39, 0.29) is 28.6 Å². The SMILES string of the molecule is CC1(C)CC(=O)c2cc(C(=O)N3CCC(C(=O)NCc4ccco4)CC3)c(=O)[nH]c2C1. The van der Waals surface area contributed by atoms with Crippen LogP contribution in [0.25, 0.3) is 0 Å². The molecule has 0 saturated carbocycles. The Hall–Kier alpha value is -3.16. The zero-order chi connectivity index (χ0) is 22.2. The topological polar surface area (TPSA) is 112 Å². The van der Waals surface area contributed by atoms with Crippen molar-refractivity contribution in [1.82, 2.24) is 15.2 Å².